The predicted octanol–water partition coefficient (Wildman–Crippen LogP) is 3.77. The van der Waals surface area contributed by atoms with Gasteiger partial charge in [-0.2, -0.15) is 8.78 Å². The highest BCUT2D eigenvalue weighted by molar-refractivity contribution is 5.73. The van der Waals surface area contributed by atoms with Crippen molar-refractivity contribution < 1.29 is 22.7 Å². The molecule has 2 amide bonds. The molecule has 0 unspecified atom stereocenters. The van der Waals surface area contributed by atoms with Crippen molar-refractivity contribution in [1.82, 2.24) is 10.2 Å². The first-order valence-electron chi connectivity index (χ1n) is 7.22. The molecule has 0 aliphatic rings. The van der Waals surface area contributed by atoms with Crippen LogP contribution in [0.2, 0.25) is 0 Å². The first-order chi connectivity index (χ1) is 11.5. The summed E-state index contributed by atoms with van der Waals surface area (Å²) in [4.78, 5) is 13.4. The smallest absolute Gasteiger partial charge is 0.387 e. The number of alkyl halides is 2. The third-order valence-electron chi connectivity index (χ3n) is 3.27. The number of rotatable bonds is 6. The second-order valence-corrected chi connectivity index (χ2v) is 5.13. The van der Waals surface area contributed by atoms with Crippen LogP contribution < -0.4 is 10.1 Å². The number of nitrogens with zero attached hydrogens (tertiary/aromatic N) is 1. The number of amides is 2. The molecule has 0 radical (unpaired) electrons. The molecule has 0 bridgehead atoms. The van der Waals surface area contributed by atoms with Crippen molar-refractivity contribution in [2.24, 2.45) is 0 Å². The van der Waals surface area contributed by atoms with Crippen LogP contribution in [0.15, 0.2) is 48.5 Å². The van der Waals surface area contributed by atoms with Gasteiger partial charge in [0.25, 0.3) is 0 Å². The summed E-state index contributed by atoms with van der Waals surface area (Å²) in [5.41, 5.74) is 1.08. The molecular formula is C17H17F3N2O2. The number of ether oxygens (including phenoxy) is 1. The molecule has 0 aromatic heterocycles. The molecule has 1 N–H and O–H groups in total. The highest BCUT2D eigenvalue weighted by Crippen LogP contribution is 2.20. The molecule has 24 heavy (non-hydrogen) atoms. The largest absolute Gasteiger partial charge is 0.434 e. The number of benzene rings is 2. The minimum absolute atomic E-state index is 0.0144. The number of nitrogens with one attached hydrogen (secondary N) is 1. The third-order valence-corrected chi connectivity index (χ3v) is 3.27. The number of carbonyl (C=O) groups excluding carboxylic acids is 1. The summed E-state index contributed by atoms with van der Waals surface area (Å²) in [6, 6.07) is 11.8. The lowest BCUT2D eigenvalue weighted by Gasteiger charge is -2.19. The summed E-state index contributed by atoms with van der Waals surface area (Å²) in [6.07, 6.45) is 0. The molecular weight excluding hydrogens is 321 g/mol. The molecule has 0 aliphatic heterocycles. The Balaban J connectivity index is 1.93. The summed E-state index contributed by atoms with van der Waals surface area (Å²) in [5.74, 6) is -0.361. The Labute approximate surface area is 137 Å². The van der Waals surface area contributed by atoms with Gasteiger partial charge in [-0.05, 0) is 23.8 Å². The van der Waals surface area contributed by atoms with E-state index < -0.39 is 12.6 Å². The van der Waals surface area contributed by atoms with Gasteiger partial charge in [-0.1, -0.05) is 30.3 Å². The average molecular weight is 338 g/mol. The Hall–Kier alpha value is -2.70. The monoisotopic (exact) mass is 338 g/mol. The van der Waals surface area contributed by atoms with Crippen LogP contribution in [0.4, 0.5) is 18.0 Å². The van der Waals surface area contributed by atoms with E-state index in [1.807, 2.05) is 0 Å². The molecule has 0 atom stereocenters. The zero-order valence-electron chi connectivity index (χ0n) is 13.0. The predicted molar refractivity (Wildman–Crippen MR) is 83.2 cm³/mol. The zero-order chi connectivity index (χ0) is 17.5. The van der Waals surface area contributed by atoms with E-state index in [0.29, 0.717) is 11.1 Å². The van der Waals surface area contributed by atoms with Gasteiger partial charge in [-0.25, -0.2) is 9.18 Å². The van der Waals surface area contributed by atoms with Crippen LogP contribution in [-0.4, -0.2) is 24.6 Å². The molecule has 0 spiro atoms. The van der Waals surface area contributed by atoms with E-state index >= 15 is 0 Å². The Kier molecular flexibility index (Phi) is 6.06. The molecule has 4 nitrogen and oxygen atoms in total. The Morgan fingerprint density at radius 1 is 1.21 bits per heavy atom. The first-order valence-corrected chi connectivity index (χ1v) is 7.22. The van der Waals surface area contributed by atoms with Crippen molar-refractivity contribution in [2.45, 2.75) is 19.7 Å². The molecule has 2 rings (SSSR count). The van der Waals surface area contributed by atoms with Crippen molar-refractivity contribution in [3.05, 3.63) is 65.5 Å². The minimum Gasteiger partial charge on any atom is -0.434 e. The highest BCUT2D eigenvalue weighted by atomic mass is 19.3. The normalized spacial score (nSPS) is 10.5. The molecule has 128 valence electrons. The van der Waals surface area contributed by atoms with Gasteiger partial charge in [0, 0.05) is 25.7 Å². The van der Waals surface area contributed by atoms with Crippen LogP contribution in [0.1, 0.15) is 11.1 Å². The lowest BCUT2D eigenvalue weighted by molar-refractivity contribution is -0.0504. The van der Waals surface area contributed by atoms with Gasteiger partial charge in [0.15, 0.2) is 0 Å². The van der Waals surface area contributed by atoms with E-state index in [-0.39, 0.29) is 24.7 Å². The maximum Gasteiger partial charge on any atom is 0.387 e. The van der Waals surface area contributed by atoms with E-state index in [1.54, 1.807) is 37.4 Å². The number of hydrogen-bond donors (Lipinski definition) is 1. The van der Waals surface area contributed by atoms with Gasteiger partial charge < -0.3 is 15.0 Å². The van der Waals surface area contributed by atoms with Gasteiger partial charge in [-0.15, -0.1) is 0 Å². The fourth-order valence-corrected chi connectivity index (χ4v) is 2.15. The summed E-state index contributed by atoms with van der Waals surface area (Å²) < 4.78 is 42.3. The number of urea groups is 1. The van der Waals surface area contributed by atoms with Crippen LogP contribution in [0.3, 0.4) is 0 Å². The van der Waals surface area contributed by atoms with Crippen molar-refractivity contribution >= 4 is 6.03 Å². The van der Waals surface area contributed by atoms with Crippen molar-refractivity contribution in [2.75, 3.05) is 7.05 Å². The van der Waals surface area contributed by atoms with E-state index in [0.717, 1.165) is 0 Å². The van der Waals surface area contributed by atoms with Crippen LogP contribution in [0.5, 0.6) is 5.75 Å². The van der Waals surface area contributed by atoms with Crippen LogP contribution in [-0.2, 0) is 13.1 Å². The molecule has 0 aliphatic carbocycles. The summed E-state index contributed by atoms with van der Waals surface area (Å²) >= 11 is 0. The molecule has 2 aromatic rings. The molecule has 0 fully saturated rings. The third kappa shape index (κ3) is 5.19. The van der Waals surface area contributed by atoms with E-state index in [9.17, 15) is 18.0 Å². The summed E-state index contributed by atoms with van der Waals surface area (Å²) in [7, 11) is 1.56. The molecule has 7 heteroatoms. The second-order valence-electron chi connectivity index (χ2n) is 5.13. The number of hydrogen-bond acceptors (Lipinski definition) is 2. The molecule has 2 aromatic carbocycles. The quantitative estimate of drug-likeness (QED) is 0.871. The van der Waals surface area contributed by atoms with Crippen molar-refractivity contribution in [3.63, 3.8) is 0 Å². The van der Waals surface area contributed by atoms with E-state index in [1.165, 1.54) is 23.1 Å². The van der Waals surface area contributed by atoms with Crippen LogP contribution in [0.25, 0.3) is 0 Å². The summed E-state index contributed by atoms with van der Waals surface area (Å²) in [5, 5.41) is 2.62. The molecule has 0 saturated heterocycles. The topological polar surface area (TPSA) is 41.6 Å². The number of para-hydroxylation sites is 1. The van der Waals surface area contributed by atoms with Crippen molar-refractivity contribution in [1.29, 1.82) is 0 Å². The highest BCUT2D eigenvalue weighted by Gasteiger charge is 2.12. The Morgan fingerprint density at radius 3 is 2.67 bits per heavy atom. The van der Waals surface area contributed by atoms with Gasteiger partial charge in [0.1, 0.15) is 11.6 Å². The van der Waals surface area contributed by atoms with Crippen LogP contribution in [0, 0.1) is 5.82 Å². The first kappa shape index (κ1) is 17.7. The van der Waals surface area contributed by atoms with E-state index in [4.69, 9.17) is 0 Å². The molecule has 0 heterocycles. The second kappa shape index (κ2) is 8.24. The van der Waals surface area contributed by atoms with E-state index in [2.05, 4.69) is 10.1 Å². The number of carbonyl (C=O) groups is 1. The molecule has 0 saturated carbocycles. The maximum atomic E-state index is 13.1. The van der Waals surface area contributed by atoms with Gasteiger partial charge >= 0.3 is 12.6 Å². The fraction of sp³-hybridized carbons (Fsp3) is 0.235. The van der Waals surface area contributed by atoms with Crippen LogP contribution >= 0.6 is 0 Å². The van der Waals surface area contributed by atoms with Gasteiger partial charge in [0.2, 0.25) is 0 Å². The lowest BCUT2D eigenvalue weighted by Crippen LogP contribution is -2.36. The lowest BCUT2D eigenvalue weighted by atomic mass is 10.2. The Bertz CT molecular complexity index is 695. The zero-order valence-corrected chi connectivity index (χ0v) is 13.0. The van der Waals surface area contributed by atoms with Gasteiger partial charge in [-0.3, -0.25) is 0 Å². The summed E-state index contributed by atoms with van der Waals surface area (Å²) in [6.45, 7) is -2.67. The number of halogens is 3. The minimum atomic E-state index is -2.93. The van der Waals surface area contributed by atoms with Crippen molar-refractivity contribution in [3.8, 4) is 5.75 Å². The Morgan fingerprint density at radius 2 is 1.96 bits per heavy atom. The fourth-order valence-electron chi connectivity index (χ4n) is 2.15. The SMILES string of the molecule is CN(Cc1cccc(F)c1)C(=O)NCc1ccccc1OC(F)F. The maximum absolute atomic E-state index is 13.1. The average Bonchev–Trinajstić information content (AvgIpc) is 2.53. The standard InChI is InChI=1S/C17H17F3N2O2/c1-22(11-12-5-4-7-14(18)9-12)17(23)21-10-13-6-2-3-8-15(13)24-16(19)20/h2-9,16H,10-11H2,1H3,(H,21,23). The van der Waals surface area contributed by atoms with Gasteiger partial charge in [0.05, 0.1) is 0 Å².